The number of carbonyl (C=O) groups excluding carboxylic acids is 1. The van der Waals surface area contributed by atoms with E-state index in [0.717, 1.165) is 5.56 Å². The summed E-state index contributed by atoms with van der Waals surface area (Å²) in [4.78, 5) is 31.1. The minimum absolute atomic E-state index is 0.171. The maximum atomic E-state index is 12.0. The van der Waals surface area contributed by atoms with E-state index in [2.05, 4.69) is 21.4 Å². The first kappa shape index (κ1) is 17.8. The zero-order valence-corrected chi connectivity index (χ0v) is 14.4. The number of thioether (sulfide) groups is 1. The quantitative estimate of drug-likeness (QED) is 0.620. The number of aromatic nitrogens is 2. The number of nitrogens with one attached hydrogen (secondary N) is 2. The lowest BCUT2D eigenvalue weighted by Crippen LogP contribution is -2.20. The number of rotatable bonds is 6. The molecule has 0 saturated heterocycles. The van der Waals surface area contributed by atoms with E-state index in [0.29, 0.717) is 34.9 Å². The summed E-state index contributed by atoms with van der Waals surface area (Å²) in [5.41, 5.74) is 2.56. The van der Waals surface area contributed by atoms with Gasteiger partial charge in [-0.05, 0) is 37.3 Å². The van der Waals surface area contributed by atoms with Gasteiger partial charge in [0.2, 0.25) is 5.91 Å². The topological polar surface area (TPSA) is 98.6 Å². The van der Waals surface area contributed by atoms with Gasteiger partial charge in [0.05, 0.1) is 12.5 Å². The Morgan fingerprint density at radius 2 is 2.08 bits per heavy atom. The fourth-order valence-electron chi connectivity index (χ4n) is 2.23. The number of hydrogen-bond donors (Lipinski definition) is 2. The second kappa shape index (κ2) is 8.31. The molecule has 0 aliphatic carbocycles. The van der Waals surface area contributed by atoms with E-state index in [4.69, 9.17) is 5.26 Å². The van der Waals surface area contributed by atoms with Crippen molar-refractivity contribution in [2.45, 2.75) is 31.3 Å². The van der Waals surface area contributed by atoms with E-state index in [-0.39, 0.29) is 17.9 Å². The van der Waals surface area contributed by atoms with Gasteiger partial charge in [0.15, 0.2) is 5.16 Å². The molecule has 1 aromatic heterocycles. The van der Waals surface area contributed by atoms with Gasteiger partial charge in [-0.2, -0.15) is 5.26 Å². The third kappa shape index (κ3) is 4.70. The van der Waals surface area contributed by atoms with E-state index in [9.17, 15) is 9.59 Å². The summed E-state index contributed by atoms with van der Waals surface area (Å²) in [7, 11) is 0. The molecule has 24 heavy (non-hydrogen) atoms. The van der Waals surface area contributed by atoms with Crippen molar-refractivity contribution in [3.05, 3.63) is 51.4 Å². The number of hydrogen-bond acceptors (Lipinski definition) is 5. The first-order valence-corrected chi connectivity index (χ1v) is 8.65. The predicted molar refractivity (Wildman–Crippen MR) is 94.1 cm³/mol. The van der Waals surface area contributed by atoms with Crippen molar-refractivity contribution in [3.8, 4) is 6.07 Å². The van der Waals surface area contributed by atoms with Crippen LogP contribution >= 0.6 is 11.8 Å². The Bertz CT molecular complexity index is 822. The highest BCUT2D eigenvalue weighted by Crippen LogP contribution is 2.12. The van der Waals surface area contributed by atoms with Crippen LogP contribution in [0.1, 0.15) is 23.2 Å². The van der Waals surface area contributed by atoms with E-state index >= 15 is 0 Å². The number of aromatic amines is 1. The lowest BCUT2D eigenvalue weighted by molar-refractivity contribution is -0.116. The number of amides is 1. The molecule has 0 aliphatic rings. The number of anilines is 1. The summed E-state index contributed by atoms with van der Waals surface area (Å²) < 4.78 is 0. The summed E-state index contributed by atoms with van der Waals surface area (Å²) >= 11 is 1.37. The number of H-pyrrole nitrogens is 1. The normalized spacial score (nSPS) is 10.2. The Labute approximate surface area is 144 Å². The maximum Gasteiger partial charge on any atom is 0.254 e. The van der Waals surface area contributed by atoms with Crippen LogP contribution < -0.4 is 10.9 Å². The van der Waals surface area contributed by atoms with Gasteiger partial charge in [-0.25, -0.2) is 4.98 Å². The van der Waals surface area contributed by atoms with Crippen LogP contribution in [0.4, 0.5) is 5.69 Å². The Balaban J connectivity index is 1.96. The van der Waals surface area contributed by atoms with Gasteiger partial charge >= 0.3 is 0 Å². The van der Waals surface area contributed by atoms with Crippen molar-refractivity contribution < 1.29 is 4.79 Å². The molecule has 0 aliphatic heterocycles. The molecule has 6 nitrogen and oxygen atoms in total. The molecule has 0 fully saturated rings. The van der Waals surface area contributed by atoms with Crippen LogP contribution in [0.3, 0.4) is 0 Å². The molecular weight excluding hydrogens is 324 g/mol. The molecule has 0 unspecified atom stereocenters. The van der Waals surface area contributed by atoms with Crippen molar-refractivity contribution in [2.24, 2.45) is 0 Å². The zero-order chi connectivity index (χ0) is 17.5. The number of benzene rings is 1. The van der Waals surface area contributed by atoms with Crippen LogP contribution in [0.2, 0.25) is 0 Å². The average molecular weight is 342 g/mol. The van der Waals surface area contributed by atoms with Gasteiger partial charge < -0.3 is 10.3 Å². The fraction of sp³-hybridized carbons (Fsp3) is 0.294. The Morgan fingerprint density at radius 3 is 2.67 bits per heavy atom. The number of aryl methyl sites for hydroxylation is 1. The van der Waals surface area contributed by atoms with E-state index in [1.807, 2.05) is 6.26 Å². The predicted octanol–water partition coefficient (Wildman–Crippen LogP) is 2.44. The molecule has 0 bridgehead atoms. The summed E-state index contributed by atoms with van der Waals surface area (Å²) in [5, 5.41) is 12.0. The minimum atomic E-state index is -0.194. The first-order valence-electron chi connectivity index (χ1n) is 7.43. The van der Waals surface area contributed by atoms with Gasteiger partial charge in [-0.3, -0.25) is 9.59 Å². The van der Waals surface area contributed by atoms with Crippen LogP contribution in [0.25, 0.3) is 0 Å². The second-order valence-corrected chi connectivity index (χ2v) is 6.01. The fourth-order valence-corrected chi connectivity index (χ4v) is 2.66. The van der Waals surface area contributed by atoms with Gasteiger partial charge in [0, 0.05) is 23.4 Å². The van der Waals surface area contributed by atoms with Gasteiger partial charge in [0.1, 0.15) is 0 Å². The third-order valence-corrected chi connectivity index (χ3v) is 4.10. The van der Waals surface area contributed by atoms with Crippen molar-refractivity contribution >= 4 is 23.4 Å². The zero-order valence-electron chi connectivity index (χ0n) is 13.5. The maximum absolute atomic E-state index is 12.0. The smallest absolute Gasteiger partial charge is 0.254 e. The molecule has 124 valence electrons. The minimum Gasteiger partial charge on any atom is -0.326 e. The standard InChI is InChI=1S/C17H18N4O2S/c1-11-14(16(23)21-17(19-11)24-2)7-8-15(22)20-13-5-3-12(4-6-13)9-10-18/h3-6H,7-9H2,1-2H3,(H,20,22)(H,19,21,23). The third-order valence-electron chi connectivity index (χ3n) is 3.52. The van der Waals surface area contributed by atoms with Crippen molar-refractivity contribution in [2.75, 3.05) is 11.6 Å². The lowest BCUT2D eigenvalue weighted by atomic mass is 10.1. The molecule has 0 spiro atoms. The molecule has 1 amide bonds. The Hall–Kier alpha value is -2.59. The highest BCUT2D eigenvalue weighted by atomic mass is 32.2. The first-order chi connectivity index (χ1) is 11.5. The van der Waals surface area contributed by atoms with Gasteiger partial charge in [-0.1, -0.05) is 23.9 Å². The van der Waals surface area contributed by atoms with E-state index in [1.54, 1.807) is 31.2 Å². The average Bonchev–Trinajstić information content (AvgIpc) is 2.56. The van der Waals surface area contributed by atoms with Crippen molar-refractivity contribution in [3.63, 3.8) is 0 Å². The molecule has 1 aromatic carbocycles. The molecule has 0 atom stereocenters. The molecule has 2 aromatic rings. The lowest BCUT2D eigenvalue weighted by Gasteiger charge is -2.07. The Morgan fingerprint density at radius 1 is 1.38 bits per heavy atom. The molecule has 7 heteroatoms. The number of nitriles is 1. The highest BCUT2D eigenvalue weighted by Gasteiger charge is 2.10. The van der Waals surface area contributed by atoms with Crippen molar-refractivity contribution in [1.29, 1.82) is 5.26 Å². The Kier molecular flexibility index (Phi) is 6.15. The molecule has 2 rings (SSSR count). The highest BCUT2D eigenvalue weighted by molar-refractivity contribution is 7.98. The molecule has 2 N–H and O–H groups in total. The molecule has 1 heterocycles. The number of carbonyl (C=O) groups is 1. The van der Waals surface area contributed by atoms with E-state index in [1.165, 1.54) is 11.8 Å². The SMILES string of the molecule is CSc1nc(C)c(CCC(=O)Nc2ccc(CC#N)cc2)c(=O)[nH]1. The summed E-state index contributed by atoms with van der Waals surface area (Å²) in [6.45, 7) is 1.77. The van der Waals surface area contributed by atoms with Crippen molar-refractivity contribution in [1.82, 2.24) is 9.97 Å². The largest absolute Gasteiger partial charge is 0.326 e. The van der Waals surface area contributed by atoms with Gasteiger partial charge in [0.25, 0.3) is 5.56 Å². The summed E-state index contributed by atoms with van der Waals surface area (Å²) in [5.74, 6) is -0.171. The summed E-state index contributed by atoms with van der Waals surface area (Å²) in [6.07, 6.45) is 2.72. The van der Waals surface area contributed by atoms with Gasteiger partial charge in [-0.15, -0.1) is 0 Å². The van der Waals surface area contributed by atoms with E-state index < -0.39 is 0 Å². The molecule has 0 saturated carbocycles. The van der Waals surface area contributed by atoms with Crippen LogP contribution in [-0.4, -0.2) is 22.1 Å². The monoisotopic (exact) mass is 342 g/mol. The summed E-state index contributed by atoms with van der Waals surface area (Å²) in [6, 6.07) is 9.21. The molecule has 0 radical (unpaired) electrons. The number of nitrogens with zero attached hydrogens (tertiary/aromatic N) is 2. The van der Waals surface area contributed by atoms with Crippen LogP contribution in [0.5, 0.6) is 0 Å². The second-order valence-electron chi connectivity index (χ2n) is 5.22. The van der Waals surface area contributed by atoms with Crippen LogP contribution in [0, 0.1) is 18.3 Å². The molecular formula is C17H18N4O2S. The van der Waals surface area contributed by atoms with Crippen LogP contribution in [-0.2, 0) is 17.6 Å². The van der Waals surface area contributed by atoms with Crippen LogP contribution in [0.15, 0.2) is 34.2 Å².